The smallest absolute Gasteiger partial charge is 0.313 e. The third-order valence-electron chi connectivity index (χ3n) is 3.16. The van der Waals surface area contributed by atoms with E-state index in [2.05, 4.69) is 26.0 Å². The van der Waals surface area contributed by atoms with E-state index in [1.807, 2.05) is 6.08 Å². The van der Waals surface area contributed by atoms with Crippen LogP contribution in [0.4, 0.5) is 13.2 Å². The largest absolute Gasteiger partial charge is 0.416 e. The zero-order chi connectivity index (χ0) is 16.4. The molecule has 130 valence electrons. The lowest BCUT2D eigenvalue weighted by atomic mass is 10.1. The van der Waals surface area contributed by atoms with Crippen molar-refractivity contribution in [3.05, 3.63) is 39.9 Å². The quantitative estimate of drug-likeness (QED) is 0.715. The van der Waals surface area contributed by atoms with E-state index in [1.165, 1.54) is 0 Å². The molecule has 0 aliphatic carbocycles. The van der Waals surface area contributed by atoms with E-state index in [0.29, 0.717) is 19.0 Å². The number of benzene rings is 1. The highest BCUT2D eigenvalue weighted by atomic mass is 79.9. The standard InChI is InChI=1S/C13H14BrF3N2O2S.ClH/c14-11-5-10(13(15,16)17)6-12(7-11)22(20,21)19-8-9-1-3-18-4-2-9;/h1,5-7,18-19H,2-4,8H2;1H. The molecule has 0 aromatic heterocycles. The van der Waals surface area contributed by atoms with Gasteiger partial charge in [-0.3, -0.25) is 0 Å². The van der Waals surface area contributed by atoms with Crippen molar-refractivity contribution in [3.8, 4) is 0 Å². The van der Waals surface area contributed by atoms with Gasteiger partial charge in [0.1, 0.15) is 0 Å². The molecule has 0 saturated carbocycles. The summed E-state index contributed by atoms with van der Waals surface area (Å²) in [7, 11) is -4.01. The van der Waals surface area contributed by atoms with Gasteiger partial charge in [-0.2, -0.15) is 13.2 Å². The van der Waals surface area contributed by atoms with Crippen LogP contribution in [0.2, 0.25) is 0 Å². The highest BCUT2D eigenvalue weighted by Crippen LogP contribution is 2.33. The van der Waals surface area contributed by atoms with Crippen molar-refractivity contribution in [2.45, 2.75) is 17.5 Å². The molecule has 1 aliphatic rings. The monoisotopic (exact) mass is 434 g/mol. The summed E-state index contributed by atoms with van der Waals surface area (Å²) in [6, 6.07) is 2.62. The molecule has 2 rings (SSSR count). The number of rotatable bonds is 4. The molecule has 0 fully saturated rings. The van der Waals surface area contributed by atoms with Crippen LogP contribution in [0.5, 0.6) is 0 Å². The Hall–Kier alpha value is -0.610. The first-order valence-electron chi connectivity index (χ1n) is 6.44. The van der Waals surface area contributed by atoms with Crippen LogP contribution in [0, 0.1) is 0 Å². The Balaban J connectivity index is 0.00000264. The molecule has 1 aromatic carbocycles. The van der Waals surface area contributed by atoms with Crippen LogP contribution >= 0.6 is 28.3 Å². The van der Waals surface area contributed by atoms with Crippen molar-refractivity contribution in [1.29, 1.82) is 0 Å². The lowest BCUT2D eigenvalue weighted by Crippen LogP contribution is -2.30. The number of hydrogen-bond acceptors (Lipinski definition) is 3. The average molecular weight is 436 g/mol. The van der Waals surface area contributed by atoms with Crippen molar-refractivity contribution in [2.24, 2.45) is 0 Å². The summed E-state index contributed by atoms with van der Waals surface area (Å²) in [4.78, 5) is -0.413. The first-order chi connectivity index (χ1) is 10.2. The molecule has 23 heavy (non-hydrogen) atoms. The van der Waals surface area contributed by atoms with Gasteiger partial charge in [-0.15, -0.1) is 12.4 Å². The van der Waals surface area contributed by atoms with E-state index in [0.717, 1.165) is 24.3 Å². The van der Waals surface area contributed by atoms with E-state index in [4.69, 9.17) is 0 Å². The summed E-state index contributed by atoms with van der Waals surface area (Å²) in [6.07, 6.45) is -2.03. The Morgan fingerprint density at radius 3 is 2.52 bits per heavy atom. The summed E-state index contributed by atoms with van der Waals surface area (Å²) in [6.45, 7) is 1.51. The number of sulfonamides is 1. The highest BCUT2D eigenvalue weighted by molar-refractivity contribution is 9.10. The summed E-state index contributed by atoms with van der Waals surface area (Å²) >= 11 is 2.91. The maximum absolute atomic E-state index is 12.8. The minimum atomic E-state index is -4.61. The second-order valence-electron chi connectivity index (χ2n) is 4.81. The second kappa shape index (κ2) is 7.98. The Morgan fingerprint density at radius 1 is 1.26 bits per heavy atom. The normalized spacial score (nSPS) is 15.7. The van der Waals surface area contributed by atoms with Crippen molar-refractivity contribution >= 4 is 38.4 Å². The molecule has 2 N–H and O–H groups in total. The molecule has 0 amide bonds. The van der Waals surface area contributed by atoms with Crippen LogP contribution in [0.3, 0.4) is 0 Å². The van der Waals surface area contributed by atoms with Crippen molar-refractivity contribution in [1.82, 2.24) is 10.0 Å². The number of hydrogen-bond donors (Lipinski definition) is 2. The predicted molar refractivity (Wildman–Crippen MR) is 87.2 cm³/mol. The molecule has 0 saturated heterocycles. The molecule has 0 unspecified atom stereocenters. The third-order valence-corrected chi connectivity index (χ3v) is 4.99. The zero-order valence-electron chi connectivity index (χ0n) is 11.8. The van der Waals surface area contributed by atoms with Gasteiger partial charge in [0.25, 0.3) is 0 Å². The van der Waals surface area contributed by atoms with E-state index in [1.54, 1.807) is 0 Å². The van der Waals surface area contributed by atoms with Gasteiger partial charge in [-0.1, -0.05) is 27.6 Å². The lowest BCUT2D eigenvalue weighted by Gasteiger charge is -2.15. The fraction of sp³-hybridized carbons (Fsp3) is 0.385. The van der Waals surface area contributed by atoms with Crippen molar-refractivity contribution in [2.75, 3.05) is 19.6 Å². The van der Waals surface area contributed by atoms with Gasteiger partial charge in [0.05, 0.1) is 10.5 Å². The van der Waals surface area contributed by atoms with Crippen molar-refractivity contribution < 1.29 is 21.6 Å². The number of nitrogens with one attached hydrogen (secondary N) is 2. The van der Waals surface area contributed by atoms with Gasteiger partial charge in [0.2, 0.25) is 10.0 Å². The average Bonchev–Trinajstić information content (AvgIpc) is 2.45. The second-order valence-corrected chi connectivity index (χ2v) is 7.50. The van der Waals surface area contributed by atoms with Crippen molar-refractivity contribution in [3.63, 3.8) is 0 Å². The first kappa shape index (κ1) is 20.4. The van der Waals surface area contributed by atoms with Gasteiger partial charge in [0.15, 0.2) is 0 Å². The Labute approximate surface area is 147 Å². The minimum absolute atomic E-state index is 0. The van der Waals surface area contributed by atoms with Gasteiger partial charge < -0.3 is 5.32 Å². The van der Waals surface area contributed by atoms with Gasteiger partial charge in [0, 0.05) is 17.6 Å². The first-order valence-corrected chi connectivity index (χ1v) is 8.72. The molecule has 0 radical (unpaired) electrons. The fourth-order valence-corrected chi connectivity index (χ4v) is 3.73. The van der Waals surface area contributed by atoms with E-state index in [-0.39, 0.29) is 23.4 Å². The Bertz CT molecular complexity index is 693. The molecule has 0 spiro atoms. The highest BCUT2D eigenvalue weighted by Gasteiger charge is 2.32. The number of alkyl halides is 3. The maximum Gasteiger partial charge on any atom is 0.416 e. The van der Waals surface area contributed by atoms with Gasteiger partial charge in [-0.25, -0.2) is 13.1 Å². The van der Waals surface area contributed by atoms with Crippen LogP contribution in [0.15, 0.2) is 39.2 Å². The molecule has 1 heterocycles. The number of halogens is 5. The predicted octanol–water partition coefficient (Wildman–Crippen LogP) is 3.09. The summed E-state index contributed by atoms with van der Waals surface area (Å²) in [5, 5.41) is 3.09. The molecule has 10 heteroatoms. The van der Waals surface area contributed by atoms with Gasteiger partial charge >= 0.3 is 6.18 Å². The summed E-state index contributed by atoms with van der Waals surface area (Å²) in [5.41, 5.74) is -0.100. The van der Waals surface area contributed by atoms with Gasteiger partial charge in [-0.05, 0) is 31.2 Å². The molecular formula is C13H15BrClF3N2O2S. The third kappa shape index (κ3) is 5.75. The summed E-state index contributed by atoms with van der Waals surface area (Å²) in [5.74, 6) is 0. The minimum Gasteiger partial charge on any atom is -0.313 e. The van der Waals surface area contributed by atoms with Crippen LogP contribution in [-0.2, 0) is 16.2 Å². The Morgan fingerprint density at radius 2 is 1.96 bits per heavy atom. The van der Waals surface area contributed by atoms with Crippen LogP contribution in [0.25, 0.3) is 0 Å². The SMILES string of the molecule is Cl.O=S(=O)(NCC1=CCNCC1)c1cc(Br)cc(C(F)(F)F)c1. The topological polar surface area (TPSA) is 58.2 Å². The molecule has 0 bridgehead atoms. The molecule has 1 aromatic rings. The maximum atomic E-state index is 12.8. The van der Waals surface area contributed by atoms with E-state index < -0.39 is 26.7 Å². The molecular weight excluding hydrogens is 421 g/mol. The molecule has 1 aliphatic heterocycles. The van der Waals surface area contributed by atoms with Crippen LogP contribution in [0.1, 0.15) is 12.0 Å². The Kier molecular flexibility index (Phi) is 7.09. The molecule has 0 atom stereocenters. The summed E-state index contributed by atoms with van der Waals surface area (Å²) < 4.78 is 65.0. The zero-order valence-corrected chi connectivity index (χ0v) is 15.0. The van der Waals surface area contributed by atoms with Crippen LogP contribution < -0.4 is 10.0 Å². The van der Waals surface area contributed by atoms with E-state index >= 15 is 0 Å². The fourth-order valence-electron chi connectivity index (χ4n) is 1.98. The van der Waals surface area contributed by atoms with E-state index in [9.17, 15) is 21.6 Å². The molecule has 4 nitrogen and oxygen atoms in total. The lowest BCUT2D eigenvalue weighted by molar-refractivity contribution is -0.137. The van der Waals surface area contributed by atoms with Crippen LogP contribution in [-0.4, -0.2) is 28.1 Å².